The molecule has 0 radical (unpaired) electrons. The van der Waals surface area contributed by atoms with Crippen LogP contribution in [0.2, 0.25) is 0 Å². The summed E-state index contributed by atoms with van der Waals surface area (Å²) >= 11 is 0. The van der Waals surface area contributed by atoms with Crippen molar-refractivity contribution in [2.24, 2.45) is 0 Å². The predicted molar refractivity (Wildman–Crippen MR) is 79.7 cm³/mol. The standard InChI is InChI=1S/C16H19NO3/c1-11(13-6-4-5-7-15(13)18)17-14-10-12(19-2)8-9-16(14)20-3/h4-11,17-18H,1-3H3. The first-order valence-electron chi connectivity index (χ1n) is 6.42. The first-order valence-corrected chi connectivity index (χ1v) is 6.42. The van der Waals surface area contributed by atoms with Crippen LogP contribution in [0, 0.1) is 0 Å². The van der Waals surface area contributed by atoms with Crippen LogP contribution in [-0.2, 0) is 0 Å². The van der Waals surface area contributed by atoms with Crippen LogP contribution in [0.25, 0.3) is 0 Å². The predicted octanol–water partition coefficient (Wildman–Crippen LogP) is 3.58. The Balaban J connectivity index is 2.27. The van der Waals surface area contributed by atoms with Crippen LogP contribution in [0.1, 0.15) is 18.5 Å². The van der Waals surface area contributed by atoms with Crippen LogP contribution in [0.4, 0.5) is 5.69 Å². The van der Waals surface area contributed by atoms with Gasteiger partial charge in [-0.3, -0.25) is 0 Å². The lowest BCUT2D eigenvalue weighted by molar-refractivity contribution is 0.404. The molecular weight excluding hydrogens is 254 g/mol. The number of hydrogen-bond donors (Lipinski definition) is 2. The summed E-state index contributed by atoms with van der Waals surface area (Å²) in [6, 6.07) is 12.8. The van der Waals surface area contributed by atoms with E-state index in [9.17, 15) is 5.11 Å². The van der Waals surface area contributed by atoms with E-state index in [1.807, 2.05) is 37.3 Å². The van der Waals surface area contributed by atoms with Crippen molar-refractivity contribution >= 4 is 5.69 Å². The number of benzene rings is 2. The fourth-order valence-electron chi connectivity index (χ4n) is 2.09. The summed E-state index contributed by atoms with van der Waals surface area (Å²) < 4.78 is 10.6. The third kappa shape index (κ3) is 2.96. The lowest BCUT2D eigenvalue weighted by Crippen LogP contribution is -2.08. The molecule has 2 aromatic rings. The molecule has 0 aliphatic carbocycles. The molecule has 2 N–H and O–H groups in total. The van der Waals surface area contributed by atoms with Gasteiger partial charge >= 0.3 is 0 Å². The molecule has 0 aliphatic heterocycles. The second-order valence-corrected chi connectivity index (χ2v) is 4.49. The number of phenols is 1. The smallest absolute Gasteiger partial charge is 0.142 e. The summed E-state index contributed by atoms with van der Waals surface area (Å²) in [6.45, 7) is 1.98. The number of rotatable bonds is 5. The highest BCUT2D eigenvalue weighted by molar-refractivity contribution is 5.61. The molecule has 2 rings (SSSR count). The van der Waals surface area contributed by atoms with E-state index in [4.69, 9.17) is 9.47 Å². The minimum Gasteiger partial charge on any atom is -0.508 e. The van der Waals surface area contributed by atoms with E-state index in [1.165, 1.54) is 0 Å². The average Bonchev–Trinajstić information content (AvgIpc) is 2.47. The molecule has 1 unspecified atom stereocenters. The van der Waals surface area contributed by atoms with Crippen molar-refractivity contribution in [3.05, 3.63) is 48.0 Å². The Bertz CT molecular complexity index is 584. The van der Waals surface area contributed by atoms with Gasteiger partial charge in [0.2, 0.25) is 0 Å². The Hall–Kier alpha value is -2.36. The minimum atomic E-state index is -0.0581. The fraction of sp³-hybridized carbons (Fsp3) is 0.250. The zero-order valence-electron chi connectivity index (χ0n) is 11.9. The highest BCUT2D eigenvalue weighted by Crippen LogP contribution is 2.33. The van der Waals surface area contributed by atoms with Crippen molar-refractivity contribution in [2.75, 3.05) is 19.5 Å². The number of anilines is 1. The van der Waals surface area contributed by atoms with Crippen LogP contribution < -0.4 is 14.8 Å². The maximum atomic E-state index is 9.89. The van der Waals surface area contributed by atoms with Gasteiger partial charge in [0.05, 0.1) is 25.9 Å². The van der Waals surface area contributed by atoms with Crippen LogP contribution in [0.15, 0.2) is 42.5 Å². The number of para-hydroxylation sites is 1. The van der Waals surface area contributed by atoms with Crippen molar-refractivity contribution in [1.29, 1.82) is 0 Å². The molecule has 4 nitrogen and oxygen atoms in total. The molecule has 4 heteroatoms. The molecule has 0 aromatic heterocycles. The number of hydrogen-bond acceptors (Lipinski definition) is 4. The molecule has 20 heavy (non-hydrogen) atoms. The monoisotopic (exact) mass is 273 g/mol. The molecular formula is C16H19NO3. The van der Waals surface area contributed by atoms with E-state index in [0.717, 1.165) is 22.7 Å². The Labute approximate surface area is 119 Å². The molecule has 0 saturated carbocycles. The summed E-state index contributed by atoms with van der Waals surface area (Å²) in [4.78, 5) is 0. The van der Waals surface area contributed by atoms with E-state index >= 15 is 0 Å². The quantitative estimate of drug-likeness (QED) is 0.874. The van der Waals surface area contributed by atoms with Crippen LogP contribution in [-0.4, -0.2) is 19.3 Å². The number of nitrogens with one attached hydrogen (secondary N) is 1. The Morgan fingerprint density at radius 1 is 1.05 bits per heavy atom. The molecule has 0 amide bonds. The van der Waals surface area contributed by atoms with Gasteiger partial charge < -0.3 is 19.9 Å². The fourth-order valence-corrected chi connectivity index (χ4v) is 2.09. The van der Waals surface area contributed by atoms with Crippen molar-refractivity contribution in [3.8, 4) is 17.2 Å². The normalized spacial score (nSPS) is 11.8. The van der Waals surface area contributed by atoms with Crippen molar-refractivity contribution < 1.29 is 14.6 Å². The highest BCUT2D eigenvalue weighted by Gasteiger charge is 2.12. The van der Waals surface area contributed by atoms with Crippen LogP contribution >= 0.6 is 0 Å². The molecule has 0 fully saturated rings. The van der Waals surface area contributed by atoms with Gasteiger partial charge in [-0.1, -0.05) is 18.2 Å². The van der Waals surface area contributed by atoms with Gasteiger partial charge in [0, 0.05) is 11.6 Å². The molecule has 0 aliphatic rings. The molecule has 2 aromatic carbocycles. The van der Waals surface area contributed by atoms with Crippen molar-refractivity contribution in [2.45, 2.75) is 13.0 Å². The number of phenolic OH excluding ortho intramolecular Hbond substituents is 1. The summed E-state index contributed by atoms with van der Waals surface area (Å²) in [5.74, 6) is 1.75. The summed E-state index contributed by atoms with van der Waals surface area (Å²) in [6.07, 6.45) is 0. The number of methoxy groups -OCH3 is 2. The summed E-state index contributed by atoms with van der Waals surface area (Å²) in [7, 11) is 3.25. The maximum Gasteiger partial charge on any atom is 0.142 e. The third-order valence-electron chi connectivity index (χ3n) is 3.18. The van der Waals surface area contributed by atoms with Gasteiger partial charge in [0.25, 0.3) is 0 Å². The zero-order chi connectivity index (χ0) is 14.5. The largest absolute Gasteiger partial charge is 0.508 e. The van der Waals surface area contributed by atoms with E-state index in [0.29, 0.717) is 0 Å². The molecule has 0 heterocycles. The maximum absolute atomic E-state index is 9.89. The van der Waals surface area contributed by atoms with Gasteiger partial charge in [-0.2, -0.15) is 0 Å². The van der Waals surface area contributed by atoms with Crippen LogP contribution in [0.5, 0.6) is 17.2 Å². The average molecular weight is 273 g/mol. The Morgan fingerprint density at radius 2 is 1.80 bits per heavy atom. The van der Waals surface area contributed by atoms with E-state index in [-0.39, 0.29) is 11.8 Å². The van der Waals surface area contributed by atoms with Gasteiger partial charge in [-0.25, -0.2) is 0 Å². The third-order valence-corrected chi connectivity index (χ3v) is 3.18. The molecule has 0 bridgehead atoms. The van der Waals surface area contributed by atoms with Gasteiger partial charge in [0.15, 0.2) is 0 Å². The van der Waals surface area contributed by atoms with Crippen molar-refractivity contribution in [1.82, 2.24) is 0 Å². The van der Waals surface area contributed by atoms with Gasteiger partial charge in [-0.05, 0) is 25.1 Å². The summed E-state index contributed by atoms with van der Waals surface area (Å²) in [5.41, 5.74) is 1.65. The van der Waals surface area contributed by atoms with Gasteiger partial charge in [0.1, 0.15) is 17.2 Å². The molecule has 106 valence electrons. The van der Waals surface area contributed by atoms with Crippen LogP contribution in [0.3, 0.4) is 0 Å². The van der Waals surface area contributed by atoms with E-state index < -0.39 is 0 Å². The zero-order valence-corrected chi connectivity index (χ0v) is 11.9. The highest BCUT2D eigenvalue weighted by atomic mass is 16.5. The van der Waals surface area contributed by atoms with Crippen molar-refractivity contribution in [3.63, 3.8) is 0 Å². The second kappa shape index (κ2) is 6.19. The molecule has 0 saturated heterocycles. The van der Waals surface area contributed by atoms with E-state index in [2.05, 4.69) is 5.32 Å². The van der Waals surface area contributed by atoms with E-state index in [1.54, 1.807) is 26.4 Å². The van der Waals surface area contributed by atoms with Gasteiger partial charge in [-0.15, -0.1) is 0 Å². The number of ether oxygens (including phenoxy) is 2. The minimum absolute atomic E-state index is 0.0581. The Kier molecular flexibility index (Phi) is 4.35. The lowest BCUT2D eigenvalue weighted by Gasteiger charge is -2.19. The summed E-state index contributed by atoms with van der Waals surface area (Å²) in [5, 5.41) is 13.2. The second-order valence-electron chi connectivity index (χ2n) is 4.49. The topological polar surface area (TPSA) is 50.7 Å². The first kappa shape index (κ1) is 14.1. The lowest BCUT2D eigenvalue weighted by atomic mass is 10.1. The Morgan fingerprint density at radius 3 is 2.45 bits per heavy atom. The SMILES string of the molecule is COc1ccc(OC)c(NC(C)c2ccccc2O)c1. The molecule has 1 atom stereocenters. The molecule has 0 spiro atoms. The first-order chi connectivity index (χ1) is 9.65. The number of aromatic hydroxyl groups is 1.